The van der Waals surface area contributed by atoms with Crippen molar-refractivity contribution in [3.63, 3.8) is 0 Å². The third-order valence-corrected chi connectivity index (χ3v) is 2.75. The van der Waals surface area contributed by atoms with Crippen molar-refractivity contribution < 1.29 is 9.53 Å². The van der Waals surface area contributed by atoms with Gasteiger partial charge in [0.15, 0.2) is 0 Å². The molecule has 4 N–H and O–H groups in total. The van der Waals surface area contributed by atoms with Gasteiger partial charge in [0.2, 0.25) is 0 Å². The lowest BCUT2D eigenvalue weighted by Crippen LogP contribution is -2.41. The Morgan fingerprint density at radius 3 is 2.40 bits per heavy atom. The van der Waals surface area contributed by atoms with E-state index in [9.17, 15) is 4.79 Å². The van der Waals surface area contributed by atoms with E-state index >= 15 is 0 Å². The quantitative estimate of drug-likeness (QED) is 0.775. The first-order chi connectivity index (χ1) is 9.30. The van der Waals surface area contributed by atoms with Gasteiger partial charge in [0.25, 0.3) is 0 Å². The van der Waals surface area contributed by atoms with E-state index in [0.29, 0.717) is 12.2 Å². The summed E-state index contributed by atoms with van der Waals surface area (Å²) in [5.41, 5.74) is 6.86. The van der Waals surface area contributed by atoms with Gasteiger partial charge in [-0.05, 0) is 36.1 Å². The highest BCUT2D eigenvalue weighted by atomic mass is 16.5. The molecule has 1 atom stereocenters. The van der Waals surface area contributed by atoms with Crippen LogP contribution in [0.15, 0.2) is 24.3 Å². The summed E-state index contributed by atoms with van der Waals surface area (Å²) in [6.45, 7) is 6.85. The topological polar surface area (TPSA) is 76.4 Å². The highest BCUT2D eigenvalue weighted by Crippen LogP contribution is 2.19. The standard InChI is InChI=1S/C15H25N3O2/c1-15(2,3)9-11(16)10-17-14(19)18-12-5-7-13(20-4)8-6-12/h5-8,11H,9-10,16H2,1-4H3,(H2,17,18,19). The van der Waals surface area contributed by atoms with Crippen molar-refractivity contribution in [3.8, 4) is 5.75 Å². The van der Waals surface area contributed by atoms with Crippen LogP contribution < -0.4 is 21.1 Å². The molecule has 5 nitrogen and oxygen atoms in total. The van der Waals surface area contributed by atoms with Crippen molar-refractivity contribution in [3.05, 3.63) is 24.3 Å². The summed E-state index contributed by atoms with van der Waals surface area (Å²) in [6, 6.07) is 6.86. The molecular formula is C15H25N3O2. The van der Waals surface area contributed by atoms with Crippen LogP contribution in [-0.2, 0) is 0 Å². The average molecular weight is 279 g/mol. The largest absolute Gasteiger partial charge is 0.497 e. The van der Waals surface area contributed by atoms with E-state index in [2.05, 4.69) is 31.4 Å². The number of benzene rings is 1. The molecular weight excluding hydrogens is 254 g/mol. The van der Waals surface area contributed by atoms with Crippen molar-refractivity contribution in [2.45, 2.75) is 33.2 Å². The Bertz CT molecular complexity index is 424. The van der Waals surface area contributed by atoms with Crippen molar-refractivity contribution in [2.24, 2.45) is 11.1 Å². The minimum Gasteiger partial charge on any atom is -0.497 e. The van der Waals surface area contributed by atoms with Crippen LogP contribution in [0.25, 0.3) is 0 Å². The smallest absolute Gasteiger partial charge is 0.319 e. The number of carbonyl (C=O) groups excluding carboxylic acids is 1. The molecule has 0 aliphatic heterocycles. The Balaban J connectivity index is 2.36. The summed E-state index contributed by atoms with van der Waals surface area (Å²) in [4.78, 5) is 11.7. The van der Waals surface area contributed by atoms with Crippen molar-refractivity contribution in [1.29, 1.82) is 0 Å². The van der Waals surface area contributed by atoms with E-state index in [1.807, 2.05) is 0 Å². The van der Waals surface area contributed by atoms with Crippen LogP contribution in [-0.4, -0.2) is 25.7 Å². The molecule has 2 amide bonds. The van der Waals surface area contributed by atoms with Gasteiger partial charge in [0.1, 0.15) is 5.75 Å². The van der Waals surface area contributed by atoms with Gasteiger partial charge >= 0.3 is 6.03 Å². The first-order valence-electron chi connectivity index (χ1n) is 6.74. The molecule has 20 heavy (non-hydrogen) atoms. The Hall–Kier alpha value is -1.75. The van der Waals surface area contributed by atoms with Crippen molar-refractivity contribution in [2.75, 3.05) is 19.0 Å². The van der Waals surface area contributed by atoms with E-state index in [-0.39, 0.29) is 17.5 Å². The predicted molar refractivity (Wildman–Crippen MR) is 82.1 cm³/mol. The Labute approximate surface area is 120 Å². The molecule has 0 spiro atoms. The first-order valence-corrected chi connectivity index (χ1v) is 6.74. The summed E-state index contributed by atoms with van der Waals surface area (Å²) < 4.78 is 5.05. The lowest BCUT2D eigenvalue weighted by Gasteiger charge is -2.23. The van der Waals surface area contributed by atoms with Gasteiger partial charge in [-0.25, -0.2) is 4.79 Å². The maximum absolute atomic E-state index is 11.7. The monoisotopic (exact) mass is 279 g/mol. The molecule has 0 radical (unpaired) electrons. The molecule has 5 heteroatoms. The average Bonchev–Trinajstić information content (AvgIpc) is 2.35. The fraction of sp³-hybridized carbons (Fsp3) is 0.533. The van der Waals surface area contributed by atoms with Crippen molar-refractivity contribution in [1.82, 2.24) is 5.32 Å². The summed E-state index contributed by atoms with van der Waals surface area (Å²) in [7, 11) is 1.60. The predicted octanol–water partition coefficient (Wildman–Crippen LogP) is 2.58. The number of rotatable bonds is 5. The summed E-state index contributed by atoms with van der Waals surface area (Å²) in [6.07, 6.45) is 0.857. The van der Waals surface area contributed by atoms with Crippen molar-refractivity contribution >= 4 is 11.7 Å². The fourth-order valence-electron chi connectivity index (χ4n) is 1.93. The molecule has 0 aliphatic carbocycles. The van der Waals surface area contributed by atoms with Crippen LogP contribution in [0.4, 0.5) is 10.5 Å². The van der Waals surface area contributed by atoms with E-state index in [0.717, 1.165) is 12.2 Å². The molecule has 112 valence electrons. The van der Waals surface area contributed by atoms with Gasteiger partial charge in [-0.2, -0.15) is 0 Å². The number of methoxy groups -OCH3 is 1. The molecule has 0 aliphatic rings. The maximum Gasteiger partial charge on any atom is 0.319 e. The second-order valence-corrected chi connectivity index (χ2v) is 6.09. The van der Waals surface area contributed by atoms with E-state index in [1.54, 1.807) is 31.4 Å². The molecule has 0 fully saturated rings. The minimum atomic E-state index is -0.250. The zero-order chi connectivity index (χ0) is 15.2. The molecule has 0 heterocycles. The number of amides is 2. The van der Waals surface area contributed by atoms with Crippen LogP contribution >= 0.6 is 0 Å². The van der Waals surface area contributed by atoms with E-state index in [1.165, 1.54) is 0 Å². The number of carbonyl (C=O) groups is 1. The number of nitrogens with two attached hydrogens (primary N) is 1. The molecule has 0 saturated heterocycles. The molecule has 0 aromatic heterocycles. The minimum absolute atomic E-state index is 0.0448. The van der Waals surface area contributed by atoms with E-state index < -0.39 is 0 Å². The Morgan fingerprint density at radius 1 is 1.30 bits per heavy atom. The number of nitrogens with one attached hydrogen (secondary N) is 2. The summed E-state index contributed by atoms with van der Waals surface area (Å²) in [5.74, 6) is 0.753. The Kier molecular flexibility index (Phi) is 5.82. The molecule has 1 rings (SSSR count). The highest BCUT2D eigenvalue weighted by Gasteiger charge is 2.16. The molecule has 1 unspecified atom stereocenters. The van der Waals surface area contributed by atoms with Gasteiger partial charge in [-0.15, -0.1) is 0 Å². The zero-order valence-corrected chi connectivity index (χ0v) is 12.7. The molecule has 1 aromatic carbocycles. The van der Waals surface area contributed by atoms with Crippen LogP contribution in [0.5, 0.6) is 5.75 Å². The molecule has 0 saturated carbocycles. The number of ether oxygens (including phenoxy) is 1. The van der Waals surface area contributed by atoms with Gasteiger partial charge in [0.05, 0.1) is 7.11 Å². The van der Waals surface area contributed by atoms with Gasteiger partial charge in [-0.1, -0.05) is 20.8 Å². The third kappa shape index (κ3) is 6.43. The maximum atomic E-state index is 11.7. The normalized spacial score (nSPS) is 12.7. The third-order valence-electron chi connectivity index (χ3n) is 2.75. The summed E-state index contributed by atoms with van der Waals surface area (Å²) >= 11 is 0. The van der Waals surface area contributed by atoms with Gasteiger partial charge in [-0.3, -0.25) is 0 Å². The SMILES string of the molecule is COc1ccc(NC(=O)NCC(N)CC(C)(C)C)cc1. The lowest BCUT2D eigenvalue weighted by molar-refractivity contribution is 0.249. The van der Waals surface area contributed by atoms with Crippen LogP contribution in [0.2, 0.25) is 0 Å². The zero-order valence-electron chi connectivity index (χ0n) is 12.7. The number of hydrogen-bond donors (Lipinski definition) is 3. The fourth-order valence-corrected chi connectivity index (χ4v) is 1.93. The van der Waals surface area contributed by atoms with E-state index in [4.69, 9.17) is 10.5 Å². The summed E-state index contributed by atoms with van der Waals surface area (Å²) in [5, 5.41) is 5.53. The van der Waals surface area contributed by atoms with Crippen LogP contribution in [0.3, 0.4) is 0 Å². The highest BCUT2D eigenvalue weighted by molar-refractivity contribution is 5.89. The Morgan fingerprint density at radius 2 is 1.90 bits per heavy atom. The van der Waals surface area contributed by atoms with Crippen LogP contribution in [0.1, 0.15) is 27.2 Å². The molecule has 0 bridgehead atoms. The van der Waals surface area contributed by atoms with Gasteiger partial charge < -0.3 is 21.1 Å². The number of urea groups is 1. The second kappa shape index (κ2) is 7.14. The van der Waals surface area contributed by atoms with Gasteiger partial charge in [0, 0.05) is 18.3 Å². The number of hydrogen-bond acceptors (Lipinski definition) is 3. The van der Waals surface area contributed by atoms with Crippen LogP contribution in [0, 0.1) is 5.41 Å². The molecule has 1 aromatic rings. The lowest BCUT2D eigenvalue weighted by atomic mass is 9.88. The second-order valence-electron chi connectivity index (χ2n) is 6.09. The first kappa shape index (κ1) is 16.3. The number of anilines is 1.